The second kappa shape index (κ2) is 6.60. The molecule has 0 amide bonds. The molecule has 1 aliphatic heterocycles. The van der Waals surface area contributed by atoms with Crippen molar-refractivity contribution in [2.45, 2.75) is 26.3 Å². The van der Waals surface area contributed by atoms with Crippen molar-refractivity contribution in [1.82, 2.24) is 4.90 Å². The van der Waals surface area contributed by atoms with Crippen LogP contribution in [0.25, 0.3) is 0 Å². The zero-order valence-electron chi connectivity index (χ0n) is 10.9. The lowest BCUT2D eigenvalue weighted by molar-refractivity contribution is 0.220. The molecule has 1 aromatic carbocycles. The summed E-state index contributed by atoms with van der Waals surface area (Å²) in [6.45, 7) is 4.69. The Morgan fingerprint density at radius 3 is 2.89 bits per heavy atom. The molecule has 1 N–H and O–H groups in total. The fourth-order valence-corrected chi connectivity index (χ4v) is 2.90. The maximum Gasteiger partial charge on any atom is 0.0627 e. The lowest BCUT2D eigenvalue weighted by atomic mass is 9.93. The van der Waals surface area contributed by atoms with Crippen molar-refractivity contribution >= 4 is 28.9 Å². The second-order valence-electron chi connectivity index (χ2n) is 4.92. The summed E-state index contributed by atoms with van der Waals surface area (Å²) in [4.78, 5) is 2.33. The van der Waals surface area contributed by atoms with E-state index in [4.69, 9.17) is 28.4 Å². The third-order valence-corrected chi connectivity index (χ3v) is 4.26. The molecule has 5 heteroatoms. The van der Waals surface area contributed by atoms with E-state index < -0.39 is 0 Å². The molecule has 0 aliphatic carbocycles. The van der Waals surface area contributed by atoms with Gasteiger partial charge in [0.1, 0.15) is 0 Å². The van der Waals surface area contributed by atoms with Gasteiger partial charge in [0.15, 0.2) is 0 Å². The Morgan fingerprint density at radius 2 is 2.21 bits per heavy atom. The molecule has 1 fully saturated rings. The van der Waals surface area contributed by atoms with Gasteiger partial charge in [-0.1, -0.05) is 35.3 Å². The molecule has 1 aliphatic rings. The number of rotatable bonds is 3. The van der Waals surface area contributed by atoms with Gasteiger partial charge in [0, 0.05) is 42.0 Å². The van der Waals surface area contributed by atoms with E-state index in [2.05, 4.69) is 17.0 Å². The molecular weight excluding hydrogens is 283 g/mol. The predicted octanol–water partition coefficient (Wildman–Crippen LogP) is 4.06. The van der Waals surface area contributed by atoms with E-state index >= 15 is 0 Å². The summed E-state index contributed by atoms with van der Waals surface area (Å²) in [6, 6.07) is 5.55. The van der Waals surface area contributed by atoms with Gasteiger partial charge in [-0.05, 0) is 30.2 Å². The van der Waals surface area contributed by atoms with E-state index in [0.29, 0.717) is 10.9 Å². The van der Waals surface area contributed by atoms with Crippen molar-refractivity contribution < 1.29 is 5.21 Å². The summed E-state index contributed by atoms with van der Waals surface area (Å²) in [7, 11) is 0. The van der Waals surface area contributed by atoms with Crippen LogP contribution in [0.2, 0.25) is 10.0 Å². The molecule has 0 radical (unpaired) electrons. The normalized spacial score (nSPS) is 22.9. The highest BCUT2D eigenvalue weighted by atomic mass is 35.5. The summed E-state index contributed by atoms with van der Waals surface area (Å²) < 4.78 is 0. The lowest BCUT2D eigenvalue weighted by Crippen LogP contribution is -2.40. The molecular formula is C14H18Cl2N2O. The third kappa shape index (κ3) is 3.62. The summed E-state index contributed by atoms with van der Waals surface area (Å²) in [5.74, 6) is 0.330. The highest BCUT2D eigenvalue weighted by molar-refractivity contribution is 6.33. The summed E-state index contributed by atoms with van der Waals surface area (Å²) >= 11 is 12.2. The lowest BCUT2D eigenvalue weighted by Gasteiger charge is -2.33. The second-order valence-corrected chi connectivity index (χ2v) is 5.76. The van der Waals surface area contributed by atoms with Crippen LogP contribution in [0.15, 0.2) is 23.4 Å². The van der Waals surface area contributed by atoms with Crippen LogP contribution in [0.4, 0.5) is 0 Å². The first-order valence-corrected chi connectivity index (χ1v) is 7.26. The van der Waals surface area contributed by atoms with Gasteiger partial charge in [0.2, 0.25) is 0 Å². The Kier molecular flexibility index (Phi) is 5.08. The molecule has 1 saturated heterocycles. The Bertz CT molecular complexity index is 477. The van der Waals surface area contributed by atoms with Crippen molar-refractivity contribution in [3.8, 4) is 0 Å². The fraction of sp³-hybridized carbons (Fsp3) is 0.500. The van der Waals surface area contributed by atoms with Crippen LogP contribution in [0.3, 0.4) is 0 Å². The molecule has 0 spiro atoms. The Hall–Kier alpha value is -0.770. The van der Waals surface area contributed by atoms with E-state index in [0.717, 1.165) is 48.8 Å². The molecule has 3 nitrogen and oxygen atoms in total. The number of halogens is 2. The smallest absolute Gasteiger partial charge is 0.0627 e. The van der Waals surface area contributed by atoms with Crippen LogP contribution in [0.5, 0.6) is 0 Å². The van der Waals surface area contributed by atoms with Gasteiger partial charge in [-0.25, -0.2) is 0 Å². The molecule has 2 rings (SSSR count). The van der Waals surface area contributed by atoms with Crippen molar-refractivity contribution in [2.75, 3.05) is 13.1 Å². The average Bonchev–Trinajstić information content (AvgIpc) is 2.42. The first-order chi connectivity index (χ1) is 9.13. The monoisotopic (exact) mass is 300 g/mol. The molecule has 1 heterocycles. The van der Waals surface area contributed by atoms with E-state index in [9.17, 15) is 0 Å². The molecule has 1 unspecified atom stereocenters. The number of nitrogens with zero attached hydrogens (tertiary/aromatic N) is 2. The van der Waals surface area contributed by atoms with Crippen LogP contribution in [-0.4, -0.2) is 28.9 Å². The van der Waals surface area contributed by atoms with E-state index in [1.54, 1.807) is 6.07 Å². The zero-order chi connectivity index (χ0) is 13.8. The molecule has 0 saturated carbocycles. The van der Waals surface area contributed by atoms with Gasteiger partial charge < -0.3 is 5.21 Å². The highest BCUT2D eigenvalue weighted by Gasteiger charge is 2.25. The molecule has 1 aromatic rings. The minimum absolute atomic E-state index is 0.330. The predicted molar refractivity (Wildman–Crippen MR) is 79.4 cm³/mol. The van der Waals surface area contributed by atoms with Gasteiger partial charge in [-0.15, -0.1) is 0 Å². The van der Waals surface area contributed by atoms with Crippen molar-refractivity contribution in [1.29, 1.82) is 0 Å². The quantitative estimate of drug-likeness (QED) is 0.675. The van der Waals surface area contributed by atoms with E-state index in [1.165, 1.54) is 0 Å². The SMILES string of the molecule is CCC1CN(Cc2cc(Cl)ccc2Cl)CC/C1=N\O. The largest absolute Gasteiger partial charge is 0.411 e. The zero-order valence-corrected chi connectivity index (χ0v) is 12.5. The molecule has 19 heavy (non-hydrogen) atoms. The maximum atomic E-state index is 8.98. The van der Waals surface area contributed by atoms with Gasteiger partial charge in [-0.3, -0.25) is 4.90 Å². The molecule has 104 valence electrons. The number of hydrogen-bond donors (Lipinski definition) is 1. The first kappa shape index (κ1) is 14.6. The standard InChI is InChI=1S/C14H18Cl2N2O/c1-2-10-8-18(6-5-14(10)17-19)9-11-7-12(15)3-4-13(11)16/h3-4,7,10,19H,2,5-6,8-9H2,1H3/b17-14+. The van der Waals surface area contributed by atoms with Gasteiger partial charge in [-0.2, -0.15) is 0 Å². The first-order valence-electron chi connectivity index (χ1n) is 6.51. The van der Waals surface area contributed by atoms with Crippen LogP contribution >= 0.6 is 23.2 Å². The van der Waals surface area contributed by atoms with Crippen molar-refractivity contribution in [2.24, 2.45) is 11.1 Å². The van der Waals surface area contributed by atoms with Gasteiger partial charge >= 0.3 is 0 Å². The highest BCUT2D eigenvalue weighted by Crippen LogP contribution is 2.25. The summed E-state index contributed by atoms with van der Waals surface area (Å²) in [5.41, 5.74) is 1.96. The van der Waals surface area contributed by atoms with Crippen LogP contribution in [-0.2, 0) is 6.54 Å². The van der Waals surface area contributed by atoms with Crippen molar-refractivity contribution in [3.63, 3.8) is 0 Å². The summed E-state index contributed by atoms with van der Waals surface area (Å²) in [6.07, 6.45) is 1.80. The minimum Gasteiger partial charge on any atom is -0.411 e. The number of hydrogen-bond acceptors (Lipinski definition) is 3. The topological polar surface area (TPSA) is 35.8 Å². The fourth-order valence-electron chi connectivity index (χ4n) is 2.53. The molecule has 0 aromatic heterocycles. The minimum atomic E-state index is 0.330. The maximum absolute atomic E-state index is 8.98. The summed E-state index contributed by atoms with van der Waals surface area (Å²) in [5, 5.41) is 13.9. The number of likely N-dealkylation sites (tertiary alicyclic amines) is 1. The number of benzene rings is 1. The molecule has 0 bridgehead atoms. The number of oxime groups is 1. The van der Waals surface area contributed by atoms with E-state index in [1.807, 2.05) is 12.1 Å². The average molecular weight is 301 g/mol. The molecule has 1 atom stereocenters. The van der Waals surface area contributed by atoms with Crippen LogP contribution in [0.1, 0.15) is 25.3 Å². The Labute approximate surface area is 123 Å². The van der Waals surface area contributed by atoms with Gasteiger partial charge in [0.05, 0.1) is 5.71 Å². The number of piperidine rings is 1. The van der Waals surface area contributed by atoms with Crippen LogP contribution in [0, 0.1) is 5.92 Å². The third-order valence-electron chi connectivity index (χ3n) is 3.66. The van der Waals surface area contributed by atoms with E-state index in [-0.39, 0.29) is 0 Å². The van der Waals surface area contributed by atoms with Gasteiger partial charge in [0.25, 0.3) is 0 Å². The van der Waals surface area contributed by atoms with Crippen molar-refractivity contribution in [3.05, 3.63) is 33.8 Å². The Balaban J connectivity index is 2.06. The van der Waals surface area contributed by atoms with Crippen LogP contribution < -0.4 is 0 Å². The Morgan fingerprint density at radius 1 is 1.42 bits per heavy atom.